The smallest absolute Gasteiger partial charge is 0.268 e. The maximum atomic E-state index is 11.4. The van der Waals surface area contributed by atoms with Crippen LogP contribution in [0.2, 0.25) is 0 Å². The van der Waals surface area contributed by atoms with Gasteiger partial charge in [-0.2, -0.15) is 0 Å². The van der Waals surface area contributed by atoms with E-state index in [1.54, 1.807) is 0 Å². The summed E-state index contributed by atoms with van der Waals surface area (Å²) in [5, 5.41) is 11.4. The van der Waals surface area contributed by atoms with Crippen LogP contribution in [0.4, 0.5) is 0 Å². The Kier molecular flexibility index (Phi) is 6.64. The SMILES string of the molecule is CCCCCCCC1=C(C)N(C(C)(C)C)C(C)C([N+](=O)[O-])=C1. The Hall–Kier alpha value is -1.32. The lowest BCUT2D eigenvalue weighted by molar-refractivity contribution is -0.433. The summed E-state index contributed by atoms with van der Waals surface area (Å²) < 4.78 is 0. The molecule has 1 unspecified atom stereocenters. The fourth-order valence-electron chi connectivity index (χ4n) is 3.44. The van der Waals surface area contributed by atoms with Crippen molar-refractivity contribution in [1.29, 1.82) is 0 Å². The summed E-state index contributed by atoms with van der Waals surface area (Å²) in [5.74, 6) is 0. The van der Waals surface area contributed by atoms with Crippen LogP contribution in [0.1, 0.15) is 80.1 Å². The minimum Gasteiger partial charge on any atom is -0.357 e. The molecule has 0 amide bonds. The predicted octanol–water partition coefficient (Wildman–Crippen LogP) is 5.28. The number of nitro groups is 1. The van der Waals surface area contributed by atoms with E-state index in [0.29, 0.717) is 5.70 Å². The number of nitrogens with zero attached hydrogens (tertiary/aromatic N) is 2. The van der Waals surface area contributed by atoms with E-state index in [9.17, 15) is 10.1 Å². The fourth-order valence-corrected chi connectivity index (χ4v) is 3.44. The second kappa shape index (κ2) is 7.80. The van der Waals surface area contributed by atoms with Crippen LogP contribution in [0.15, 0.2) is 23.0 Å². The molecule has 0 spiro atoms. The lowest BCUT2D eigenvalue weighted by Crippen LogP contribution is -2.49. The molecule has 0 radical (unpaired) electrons. The number of hydrogen-bond acceptors (Lipinski definition) is 3. The molecule has 1 atom stereocenters. The molecule has 0 saturated heterocycles. The third-order valence-corrected chi connectivity index (χ3v) is 4.45. The Labute approximate surface area is 135 Å². The van der Waals surface area contributed by atoms with Crippen molar-refractivity contribution in [3.8, 4) is 0 Å². The third-order valence-electron chi connectivity index (χ3n) is 4.45. The highest BCUT2D eigenvalue weighted by Gasteiger charge is 2.37. The van der Waals surface area contributed by atoms with Gasteiger partial charge in [-0.15, -0.1) is 0 Å². The maximum Gasteiger partial charge on any atom is 0.268 e. The molecule has 4 heteroatoms. The molecule has 1 rings (SSSR count). The van der Waals surface area contributed by atoms with E-state index < -0.39 is 0 Å². The largest absolute Gasteiger partial charge is 0.357 e. The maximum absolute atomic E-state index is 11.4. The fraction of sp³-hybridized carbons (Fsp3) is 0.778. The molecule has 0 aromatic heterocycles. The summed E-state index contributed by atoms with van der Waals surface area (Å²) in [7, 11) is 0. The molecule has 0 aliphatic carbocycles. The molecule has 1 heterocycles. The number of unbranched alkanes of at least 4 members (excludes halogenated alkanes) is 4. The van der Waals surface area contributed by atoms with Gasteiger partial charge in [-0.1, -0.05) is 32.6 Å². The van der Waals surface area contributed by atoms with Crippen molar-refractivity contribution < 1.29 is 4.92 Å². The zero-order valence-electron chi connectivity index (χ0n) is 15.1. The van der Waals surface area contributed by atoms with Crippen molar-refractivity contribution >= 4 is 0 Å². The van der Waals surface area contributed by atoms with Crippen LogP contribution in [0, 0.1) is 10.1 Å². The first-order valence-electron chi connectivity index (χ1n) is 8.55. The van der Waals surface area contributed by atoms with Crippen LogP contribution >= 0.6 is 0 Å². The first kappa shape index (κ1) is 18.7. The van der Waals surface area contributed by atoms with Crippen LogP contribution in [0.3, 0.4) is 0 Å². The van der Waals surface area contributed by atoms with Gasteiger partial charge >= 0.3 is 0 Å². The van der Waals surface area contributed by atoms with Gasteiger partial charge in [0.05, 0.1) is 4.92 Å². The molecule has 22 heavy (non-hydrogen) atoms. The van der Waals surface area contributed by atoms with Gasteiger partial charge in [0, 0.05) is 17.3 Å². The van der Waals surface area contributed by atoms with Crippen molar-refractivity contribution in [2.75, 3.05) is 0 Å². The molecule has 126 valence electrons. The minimum atomic E-state index is -0.215. The average Bonchev–Trinajstić information content (AvgIpc) is 2.38. The second-order valence-electron chi connectivity index (χ2n) is 7.32. The molecule has 0 bridgehead atoms. The number of rotatable bonds is 7. The van der Waals surface area contributed by atoms with Crippen molar-refractivity contribution in [1.82, 2.24) is 4.90 Å². The molecule has 0 aromatic carbocycles. The first-order valence-corrected chi connectivity index (χ1v) is 8.55. The first-order chi connectivity index (χ1) is 10.2. The van der Waals surface area contributed by atoms with Gasteiger partial charge in [-0.05, 0) is 53.0 Å². The molecule has 1 aliphatic heterocycles. The molecule has 0 saturated carbocycles. The Balaban J connectivity index is 2.94. The van der Waals surface area contributed by atoms with Gasteiger partial charge in [0.25, 0.3) is 5.70 Å². The van der Waals surface area contributed by atoms with E-state index in [4.69, 9.17) is 0 Å². The molecular formula is C18H32N2O2. The highest BCUT2D eigenvalue weighted by atomic mass is 16.6. The van der Waals surface area contributed by atoms with Crippen LogP contribution in [-0.4, -0.2) is 21.4 Å². The van der Waals surface area contributed by atoms with Crippen LogP contribution in [-0.2, 0) is 0 Å². The molecule has 0 fully saturated rings. The zero-order chi connectivity index (χ0) is 16.9. The Morgan fingerprint density at radius 3 is 2.32 bits per heavy atom. The van der Waals surface area contributed by atoms with Gasteiger partial charge in [-0.25, -0.2) is 0 Å². The van der Waals surface area contributed by atoms with Gasteiger partial charge in [0.1, 0.15) is 6.04 Å². The summed E-state index contributed by atoms with van der Waals surface area (Å²) in [6.45, 7) is 12.6. The predicted molar refractivity (Wildman–Crippen MR) is 92.2 cm³/mol. The van der Waals surface area contributed by atoms with Gasteiger partial charge < -0.3 is 4.90 Å². The van der Waals surface area contributed by atoms with Gasteiger partial charge in [0.15, 0.2) is 0 Å². The van der Waals surface area contributed by atoms with Crippen molar-refractivity contribution in [3.63, 3.8) is 0 Å². The van der Waals surface area contributed by atoms with Crippen molar-refractivity contribution in [3.05, 3.63) is 33.2 Å². The Morgan fingerprint density at radius 2 is 1.82 bits per heavy atom. The molecular weight excluding hydrogens is 276 g/mol. The molecule has 0 N–H and O–H groups in total. The summed E-state index contributed by atoms with van der Waals surface area (Å²) in [4.78, 5) is 13.4. The van der Waals surface area contributed by atoms with E-state index in [1.807, 2.05) is 13.0 Å². The lowest BCUT2D eigenvalue weighted by atomic mass is 9.92. The molecule has 0 aromatic rings. The average molecular weight is 308 g/mol. The van der Waals surface area contributed by atoms with Crippen LogP contribution in [0.5, 0.6) is 0 Å². The normalized spacial score (nSPS) is 19.5. The van der Waals surface area contributed by atoms with E-state index >= 15 is 0 Å². The second-order valence-corrected chi connectivity index (χ2v) is 7.32. The summed E-state index contributed by atoms with van der Waals surface area (Å²) in [6, 6.07) is -0.182. The van der Waals surface area contributed by atoms with E-state index in [0.717, 1.165) is 18.4 Å². The third kappa shape index (κ3) is 4.59. The molecule has 1 aliphatic rings. The highest BCUT2D eigenvalue weighted by molar-refractivity contribution is 5.33. The number of allylic oxidation sites excluding steroid dienone is 3. The summed E-state index contributed by atoms with van der Waals surface area (Å²) >= 11 is 0. The van der Waals surface area contributed by atoms with Crippen molar-refractivity contribution in [2.24, 2.45) is 0 Å². The van der Waals surface area contributed by atoms with Gasteiger partial charge in [0.2, 0.25) is 0 Å². The summed E-state index contributed by atoms with van der Waals surface area (Å²) in [6.07, 6.45) is 8.85. The van der Waals surface area contributed by atoms with Crippen LogP contribution in [0.25, 0.3) is 0 Å². The summed E-state index contributed by atoms with van der Waals surface area (Å²) in [5.41, 5.74) is 2.54. The standard InChI is InChI=1S/C18H32N2O2/c1-7-8-9-10-11-12-16-13-17(20(21)22)15(3)19(14(16)2)18(4,5)6/h13,15H,7-12H2,1-6H3. The zero-order valence-corrected chi connectivity index (χ0v) is 15.1. The lowest BCUT2D eigenvalue weighted by Gasteiger charge is -2.44. The quantitative estimate of drug-likeness (QED) is 0.365. The van der Waals surface area contributed by atoms with Crippen molar-refractivity contribution in [2.45, 2.75) is 91.6 Å². The topological polar surface area (TPSA) is 46.4 Å². The highest BCUT2D eigenvalue weighted by Crippen LogP contribution is 2.34. The monoisotopic (exact) mass is 308 g/mol. The molecule has 4 nitrogen and oxygen atoms in total. The number of hydrogen-bond donors (Lipinski definition) is 0. The minimum absolute atomic E-state index is 0.119. The van der Waals surface area contributed by atoms with E-state index in [2.05, 4.69) is 39.5 Å². The van der Waals surface area contributed by atoms with E-state index in [1.165, 1.54) is 31.4 Å². The Bertz CT molecular complexity index is 458. The van der Waals surface area contributed by atoms with Crippen LogP contribution < -0.4 is 0 Å². The Morgan fingerprint density at radius 1 is 1.23 bits per heavy atom. The van der Waals surface area contributed by atoms with E-state index in [-0.39, 0.29) is 16.5 Å². The van der Waals surface area contributed by atoms with Gasteiger partial charge in [-0.3, -0.25) is 10.1 Å².